The van der Waals surface area contributed by atoms with E-state index in [0.717, 1.165) is 12.6 Å². The zero-order chi connectivity index (χ0) is 15.2. The van der Waals surface area contributed by atoms with Gasteiger partial charge in [-0.05, 0) is 64.3 Å². The summed E-state index contributed by atoms with van der Waals surface area (Å²) >= 11 is 0. The average Bonchev–Trinajstić information content (AvgIpc) is 2.58. The highest BCUT2D eigenvalue weighted by atomic mass is 15.2. The van der Waals surface area contributed by atoms with E-state index in [9.17, 15) is 0 Å². The molecule has 2 fully saturated rings. The van der Waals surface area contributed by atoms with Gasteiger partial charge in [0.1, 0.15) is 0 Å². The van der Waals surface area contributed by atoms with E-state index >= 15 is 0 Å². The Kier molecular flexibility index (Phi) is 5.69. The standard InChI is InChI=1S/C20H30N2/c1-18-7-9-19(10-8-18)6-5-13-21-16-11-20(12-17-21)22-14-3-2-4-15-22/h5-10,20H,2-4,11-17H2,1H3/b6-5+. The third-order valence-electron chi connectivity index (χ3n) is 5.22. The van der Waals surface area contributed by atoms with Crippen molar-refractivity contribution >= 4 is 6.08 Å². The van der Waals surface area contributed by atoms with Crippen LogP contribution in [-0.4, -0.2) is 48.6 Å². The Morgan fingerprint density at radius 2 is 1.64 bits per heavy atom. The molecule has 0 unspecified atom stereocenters. The van der Waals surface area contributed by atoms with Crippen molar-refractivity contribution < 1.29 is 0 Å². The number of hydrogen-bond acceptors (Lipinski definition) is 2. The number of nitrogens with zero attached hydrogens (tertiary/aromatic N) is 2. The van der Waals surface area contributed by atoms with Crippen molar-refractivity contribution in [2.24, 2.45) is 0 Å². The molecular weight excluding hydrogens is 268 g/mol. The molecular formula is C20H30N2. The van der Waals surface area contributed by atoms with Gasteiger partial charge in [0.2, 0.25) is 0 Å². The van der Waals surface area contributed by atoms with Crippen LogP contribution in [0, 0.1) is 6.92 Å². The first-order chi connectivity index (χ1) is 10.8. The summed E-state index contributed by atoms with van der Waals surface area (Å²) < 4.78 is 0. The third kappa shape index (κ3) is 4.44. The number of piperidine rings is 2. The van der Waals surface area contributed by atoms with Crippen LogP contribution >= 0.6 is 0 Å². The lowest BCUT2D eigenvalue weighted by Crippen LogP contribution is -2.46. The number of likely N-dealkylation sites (tertiary alicyclic amines) is 2. The molecule has 0 aromatic heterocycles. The first kappa shape index (κ1) is 15.8. The SMILES string of the molecule is Cc1ccc(/C=C/CN2CCC(N3CCCCC3)CC2)cc1. The van der Waals surface area contributed by atoms with Crippen LogP contribution in [0.1, 0.15) is 43.2 Å². The number of hydrogen-bond donors (Lipinski definition) is 0. The van der Waals surface area contributed by atoms with Crippen LogP contribution in [-0.2, 0) is 0 Å². The fourth-order valence-corrected chi connectivity index (χ4v) is 3.77. The maximum atomic E-state index is 2.75. The predicted octanol–water partition coefficient (Wildman–Crippen LogP) is 3.96. The highest BCUT2D eigenvalue weighted by Crippen LogP contribution is 2.20. The van der Waals surface area contributed by atoms with Crippen LogP contribution in [0.15, 0.2) is 30.3 Å². The number of benzene rings is 1. The lowest BCUT2D eigenvalue weighted by Gasteiger charge is -2.40. The molecule has 120 valence electrons. The van der Waals surface area contributed by atoms with Crippen LogP contribution in [0.4, 0.5) is 0 Å². The third-order valence-corrected chi connectivity index (χ3v) is 5.22. The van der Waals surface area contributed by atoms with Crippen LogP contribution in [0.3, 0.4) is 0 Å². The molecule has 2 heteroatoms. The lowest BCUT2D eigenvalue weighted by molar-refractivity contribution is 0.0975. The van der Waals surface area contributed by atoms with Crippen molar-refractivity contribution in [3.05, 3.63) is 41.5 Å². The zero-order valence-corrected chi connectivity index (χ0v) is 14.0. The second-order valence-electron chi connectivity index (χ2n) is 6.94. The lowest BCUT2D eigenvalue weighted by atomic mass is 10.00. The fourth-order valence-electron chi connectivity index (χ4n) is 3.77. The second-order valence-corrected chi connectivity index (χ2v) is 6.94. The molecule has 0 bridgehead atoms. The zero-order valence-electron chi connectivity index (χ0n) is 14.0. The Morgan fingerprint density at radius 1 is 0.955 bits per heavy atom. The van der Waals surface area contributed by atoms with Crippen molar-refractivity contribution in [2.75, 3.05) is 32.7 Å². The van der Waals surface area contributed by atoms with Crippen molar-refractivity contribution in [1.29, 1.82) is 0 Å². The molecule has 0 saturated carbocycles. The largest absolute Gasteiger partial charge is 0.300 e. The minimum Gasteiger partial charge on any atom is -0.300 e. The Bertz CT molecular complexity index is 463. The average molecular weight is 298 g/mol. The normalized spacial score (nSPS) is 22.4. The van der Waals surface area contributed by atoms with Gasteiger partial charge in [0.25, 0.3) is 0 Å². The van der Waals surface area contributed by atoms with E-state index in [0.29, 0.717) is 0 Å². The second kappa shape index (κ2) is 7.94. The molecule has 0 N–H and O–H groups in total. The van der Waals surface area contributed by atoms with Crippen molar-refractivity contribution in [3.8, 4) is 0 Å². The molecule has 1 aromatic carbocycles. The van der Waals surface area contributed by atoms with Crippen molar-refractivity contribution in [1.82, 2.24) is 9.80 Å². The van der Waals surface area contributed by atoms with Gasteiger partial charge in [0.15, 0.2) is 0 Å². The Morgan fingerprint density at radius 3 is 2.32 bits per heavy atom. The summed E-state index contributed by atoms with van der Waals surface area (Å²) in [6, 6.07) is 9.63. The molecule has 2 saturated heterocycles. The van der Waals surface area contributed by atoms with E-state index in [2.05, 4.69) is 53.1 Å². The summed E-state index contributed by atoms with van der Waals surface area (Å²) in [5.74, 6) is 0. The molecule has 0 spiro atoms. The van der Waals surface area contributed by atoms with E-state index in [4.69, 9.17) is 0 Å². The van der Waals surface area contributed by atoms with E-state index in [1.54, 1.807) is 0 Å². The molecule has 3 rings (SSSR count). The van der Waals surface area contributed by atoms with E-state index < -0.39 is 0 Å². The van der Waals surface area contributed by atoms with Crippen LogP contribution in [0.5, 0.6) is 0 Å². The summed E-state index contributed by atoms with van der Waals surface area (Å²) in [7, 11) is 0. The molecule has 1 aromatic rings. The summed E-state index contributed by atoms with van der Waals surface area (Å²) in [4.78, 5) is 5.36. The van der Waals surface area contributed by atoms with Gasteiger partial charge in [-0.25, -0.2) is 0 Å². The Balaban J connectivity index is 1.41. The monoisotopic (exact) mass is 298 g/mol. The van der Waals surface area contributed by atoms with Gasteiger partial charge in [-0.15, -0.1) is 0 Å². The quantitative estimate of drug-likeness (QED) is 0.830. The molecule has 0 radical (unpaired) electrons. The van der Waals surface area contributed by atoms with Gasteiger partial charge in [-0.1, -0.05) is 48.4 Å². The van der Waals surface area contributed by atoms with Gasteiger partial charge < -0.3 is 4.90 Å². The maximum Gasteiger partial charge on any atom is 0.0166 e. The van der Waals surface area contributed by atoms with Crippen molar-refractivity contribution in [2.45, 2.75) is 45.1 Å². The maximum absolute atomic E-state index is 2.75. The molecule has 2 nitrogen and oxygen atoms in total. The van der Waals surface area contributed by atoms with Crippen molar-refractivity contribution in [3.63, 3.8) is 0 Å². The number of aryl methyl sites for hydroxylation is 1. The highest BCUT2D eigenvalue weighted by Gasteiger charge is 2.24. The van der Waals surface area contributed by atoms with Gasteiger partial charge in [-0.3, -0.25) is 4.90 Å². The van der Waals surface area contributed by atoms with Crippen LogP contribution in [0.2, 0.25) is 0 Å². The van der Waals surface area contributed by atoms with Gasteiger partial charge in [-0.2, -0.15) is 0 Å². The Labute approximate surface area is 135 Å². The van der Waals surface area contributed by atoms with Gasteiger partial charge in [0, 0.05) is 12.6 Å². The first-order valence-electron chi connectivity index (χ1n) is 9.01. The van der Waals surface area contributed by atoms with Gasteiger partial charge >= 0.3 is 0 Å². The minimum absolute atomic E-state index is 0.859. The first-order valence-corrected chi connectivity index (χ1v) is 9.01. The molecule has 22 heavy (non-hydrogen) atoms. The van der Waals surface area contributed by atoms with Crippen LogP contribution in [0.25, 0.3) is 6.08 Å². The molecule has 2 aliphatic heterocycles. The van der Waals surface area contributed by atoms with Gasteiger partial charge in [0.05, 0.1) is 0 Å². The predicted molar refractivity (Wildman–Crippen MR) is 95.1 cm³/mol. The summed E-state index contributed by atoms with van der Waals surface area (Å²) in [6.07, 6.45) is 11.6. The Hall–Kier alpha value is -1.12. The summed E-state index contributed by atoms with van der Waals surface area (Å²) in [6.45, 7) is 8.45. The molecule has 2 heterocycles. The minimum atomic E-state index is 0.859. The van der Waals surface area contributed by atoms with E-state index in [-0.39, 0.29) is 0 Å². The van der Waals surface area contributed by atoms with Crippen LogP contribution < -0.4 is 0 Å². The fraction of sp³-hybridized carbons (Fsp3) is 0.600. The molecule has 0 amide bonds. The highest BCUT2D eigenvalue weighted by molar-refractivity contribution is 5.49. The topological polar surface area (TPSA) is 6.48 Å². The smallest absolute Gasteiger partial charge is 0.0166 e. The molecule has 0 aliphatic carbocycles. The van der Waals surface area contributed by atoms with E-state index in [1.807, 2.05) is 0 Å². The number of rotatable bonds is 4. The summed E-state index contributed by atoms with van der Waals surface area (Å²) in [5.41, 5.74) is 2.64. The summed E-state index contributed by atoms with van der Waals surface area (Å²) in [5, 5.41) is 0. The van der Waals surface area contributed by atoms with E-state index in [1.165, 1.54) is 69.4 Å². The molecule has 2 aliphatic rings. The molecule has 0 atom stereocenters.